The van der Waals surface area contributed by atoms with E-state index in [0.717, 1.165) is 0 Å². The van der Waals surface area contributed by atoms with Crippen LogP contribution in [0.3, 0.4) is 0 Å². The Morgan fingerprint density at radius 2 is 2.04 bits per heavy atom. The monoisotopic (exact) mass is 406 g/mol. The van der Waals surface area contributed by atoms with Crippen LogP contribution in [0.2, 0.25) is 0 Å². The van der Waals surface area contributed by atoms with Gasteiger partial charge in [-0.2, -0.15) is 0 Å². The number of hydrogen-bond donors (Lipinski definition) is 1. The highest BCUT2D eigenvalue weighted by atomic mass is 32.2. The number of carboxylic acids is 1. The lowest BCUT2D eigenvalue weighted by Gasteiger charge is -2.08. The minimum atomic E-state index is -4.78. The molecule has 3 rings (SSSR count). The molecule has 0 atom stereocenters. The van der Waals surface area contributed by atoms with Gasteiger partial charge >= 0.3 is 12.3 Å². The van der Waals surface area contributed by atoms with Crippen LogP contribution in [-0.4, -0.2) is 32.6 Å². The first-order valence-electron chi connectivity index (χ1n) is 7.95. The fraction of sp³-hybridized carbons (Fsp3) is 0.158. The van der Waals surface area contributed by atoms with Gasteiger partial charge in [0.15, 0.2) is 0 Å². The van der Waals surface area contributed by atoms with E-state index in [4.69, 9.17) is 5.11 Å². The van der Waals surface area contributed by atoms with Gasteiger partial charge in [0.25, 0.3) is 0 Å². The Bertz CT molecular complexity index is 1070. The molecule has 0 unspecified atom stereocenters. The molecule has 0 aliphatic rings. The zero-order valence-corrected chi connectivity index (χ0v) is 15.0. The van der Waals surface area contributed by atoms with Crippen molar-refractivity contribution >= 4 is 23.4 Å². The normalized spacial score (nSPS) is 11.1. The SMILES string of the molecule is O=C(O)CSCc1nc2ccccn2c1C#Cc1cccc(OC(F)(F)F)c1. The minimum absolute atomic E-state index is 0.0719. The predicted molar refractivity (Wildman–Crippen MR) is 98.1 cm³/mol. The van der Waals surface area contributed by atoms with Gasteiger partial charge in [0.2, 0.25) is 0 Å². The highest BCUT2D eigenvalue weighted by Gasteiger charge is 2.31. The highest BCUT2D eigenvalue weighted by molar-refractivity contribution is 7.99. The molecule has 0 spiro atoms. The number of rotatable bonds is 5. The summed E-state index contributed by atoms with van der Waals surface area (Å²) in [4.78, 5) is 15.2. The Hall–Kier alpha value is -3.12. The van der Waals surface area contributed by atoms with Crippen molar-refractivity contribution in [2.45, 2.75) is 12.1 Å². The molecular formula is C19H13F3N2O3S. The molecule has 1 N–H and O–H groups in total. The number of aromatic nitrogens is 2. The molecule has 0 saturated carbocycles. The number of fused-ring (bicyclic) bond motifs is 1. The molecule has 1 aromatic carbocycles. The van der Waals surface area contributed by atoms with Crippen LogP contribution in [0.15, 0.2) is 48.7 Å². The van der Waals surface area contributed by atoms with Crippen molar-refractivity contribution in [2.24, 2.45) is 0 Å². The Morgan fingerprint density at radius 3 is 2.79 bits per heavy atom. The number of carboxylic acid groups (broad SMARTS) is 1. The van der Waals surface area contributed by atoms with E-state index >= 15 is 0 Å². The number of carbonyl (C=O) groups is 1. The van der Waals surface area contributed by atoms with Gasteiger partial charge in [0.1, 0.15) is 17.1 Å². The molecule has 2 aromatic heterocycles. The molecule has 0 bridgehead atoms. The van der Waals surface area contributed by atoms with E-state index < -0.39 is 12.3 Å². The van der Waals surface area contributed by atoms with Crippen molar-refractivity contribution in [3.05, 3.63) is 65.6 Å². The highest BCUT2D eigenvalue weighted by Crippen LogP contribution is 2.23. The molecule has 5 nitrogen and oxygen atoms in total. The summed E-state index contributed by atoms with van der Waals surface area (Å²) >= 11 is 1.19. The van der Waals surface area contributed by atoms with Crippen molar-refractivity contribution in [2.75, 3.05) is 5.75 Å². The number of pyridine rings is 1. The van der Waals surface area contributed by atoms with Crippen LogP contribution in [-0.2, 0) is 10.5 Å². The number of halogens is 3. The number of imidazole rings is 1. The fourth-order valence-corrected chi connectivity index (χ4v) is 3.09. The van der Waals surface area contributed by atoms with Crippen molar-refractivity contribution in [3.8, 4) is 17.6 Å². The third-order valence-electron chi connectivity index (χ3n) is 3.46. The van der Waals surface area contributed by atoms with E-state index in [2.05, 4.69) is 21.6 Å². The number of alkyl halides is 3. The summed E-state index contributed by atoms with van der Waals surface area (Å²) in [6, 6.07) is 10.8. The molecule has 0 fully saturated rings. The number of thioether (sulfide) groups is 1. The van der Waals surface area contributed by atoms with Crippen molar-refractivity contribution in [1.29, 1.82) is 0 Å². The maximum Gasteiger partial charge on any atom is 0.573 e. The van der Waals surface area contributed by atoms with Crippen molar-refractivity contribution < 1.29 is 27.8 Å². The van der Waals surface area contributed by atoms with E-state index in [9.17, 15) is 18.0 Å². The Labute approximate surface area is 162 Å². The number of nitrogens with zero attached hydrogens (tertiary/aromatic N) is 2. The summed E-state index contributed by atoms with van der Waals surface area (Å²) in [6.07, 6.45) is -3.01. The number of aliphatic carboxylic acids is 1. The molecule has 0 aliphatic heterocycles. The fourth-order valence-electron chi connectivity index (χ4n) is 2.41. The third-order valence-corrected chi connectivity index (χ3v) is 4.39. The van der Waals surface area contributed by atoms with Gasteiger partial charge in [-0.25, -0.2) is 4.98 Å². The molecular weight excluding hydrogens is 393 g/mol. The summed E-state index contributed by atoms with van der Waals surface area (Å²) < 4.78 is 42.8. The summed E-state index contributed by atoms with van der Waals surface area (Å²) in [6.45, 7) is 0. The molecule has 28 heavy (non-hydrogen) atoms. The second kappa shape index (κ2) is 8.27. The van der Waals surface area contributed by atoms with Gasteiger partial charge in [-0.05, 0) is 36.3 Å². The van der Waals surface area contributed by atoms with Gasteiger partial charge in [-0.1, -0.05) is 18.1 Å². The number of ether oxygens (including phenoxy) is 1. The molecule has 144 valence electrons. The van der Waals surface area contributed by atoms with Gasteiger partial charge in [0.05, 0.1) is 11.4 Å². The Balaban J connectivity index is 1.92. The number of hydrogen-bond acceptors (Lipinski definition) is 4. The number of benzene rings is 1. The first-order valence-corrected chi connectivity index (χ1v) is 9.10. The second-order valence-corrected chi connectivity index (χ2v) is 6.53. The molecule has 0 radical (unpaired) electrons. The molecule has 0 aliphatic carbocycles. The van der Waals surface area contributed by atoms with Crippen LogP contribution in [0.1, 0.15) is 17.0 Å². The lowest BCUT2D eigenvalue weighted by atomic mass is 10.2. The molecule has 0 amide bonds. The van der Waals surface area contributed by atoms with Gasteiger partial charge < -0.3 is 9.84 Å². The average Bonchev–Trinajstić information content (AvgIpc) is 2.96. The lowest BCUT2D eigenvalue weighted by molar-refractivity contribution is -0.274. The first kappa shape index (κ1) is 19.6. The van der Waals surface area contributed by atoms with E-state index in [1.54, 1.807) is 28.8 Å². The summed E-state index contributed by atoms with van der Waals surface area (Å²) in [5.41, 5.74) is 2.15. The quantitative estimate of drug-likeness (QED) is 0.650. The smallest absolute Gasteiger partial charge is 0.481 e. The van der Waals surface area contributed by atoms with Crippen LogP contribution < -0.4 is 4.74 Å². The van der Waals surface area contributed by atoms with Crippen molar-refractivity contribution in [3.63, 3.8) is 0 Å². The molecule has 9 heteroatoms. The zero-order chi connectivity index (χ0) is 20.1. The van der Waals surface area contributed by atoms with E-state index in [1.807, 2.05) is 6.07 Å². The van der Waals surface area contributed by atoms with Crippen LogP contribution in [0.4, 0.5) is 13.2 Å². The molecule has 3 aromatic rings. The summed E-state index contributed by atoms with van der Waals surface area (Å²) in [5.74, 6) is 4.75. The van der Waals surface area contributed by atoms with Gasteiger partial charge in [-0.15, -0.1) is 24.9 Å². The third kappa shape index (κ3) is 5.20. The topological polar surface area (TPSA) is 63.8 Å². The van der Waals surface area contributed by atoms with Gasteiger partial charge in [0, 0.05) is 17.5 Å². The Kier molecular flexibility index (Phi) is 5.80. The molecule has 0 saturated heterocycles. The van der Waals surface area contributed by atoms with E-state index in [0.29, 0.717) is 28.4 Å². The lowest BCUT2D eigenvalue weighted by Crippen LogP contribution is -2.17. The first-order chi connectivity index (χ1) is 13.3. The summed E-state index contributed by atoms with van der Waals surface area (Å²) in [5, 5.41) is 8.79. The predicted octanol–water partition coefficient (Wildman–Crippen LogP) is 3.95. The minimum Gasteiger partial charge on any atom is -0.481 e. The van der Waals surface area contributed by atoms with Crippen LogP contribution in [0.25, 0.3) is 5.65 Å². The second-order valence-electron chi connectivity index (χ2n) is 5.55. The maximum absolute atomic E-state index is 12.4. The Morgan fingerprint density at radius 1 is 1.21 bits per heavy atom. The van der Waals surface area contributed by atoms with Crippen LogP contribution >= 0.6 is 11.8 Å². The molecule has 2 heterocycles. The van der Waals surface area contributed by atoms with Crippen molar-refractivity contribution in [1.82, 2.24) is 9.38 Å². The van der Waals surface area contributed by atoms with Gasteiger partial charge in [-0.3, -0.25) is 9.20 Å². The van der Waals surface area contributed by atoms with Crippen LogP contribution in [0, 0.1) is 11.8 Å². The summed E-state index contributed by atoms with van der Waals surface area (Å²) in [7, 11) is 0. The van der Waals surface area contributed by atoms with Crippen LogP contribution in [0.5, 0.6) is 5.75 Å². The van der Waals surface area contributed by atoms with E-state index in [1.165, 1.54) is 30.0 Å². The maximum atomic E-state index is 12.4. The average molecular weight is 406 g/mol. The van der Waals surface area contributed by atoms with E-state index in [-0.39, 0.29) is 11.5 Å². The zero-order valence-electron chi connectivity index (χ0n) is 14.2. The largest absolute Gasteiger partial charge is 0.573 e. The standard InChI is InChI=1S/C19H13F3N2O3S/c20-19(21,22)27-14-5-3-4-13(10-14)7-8-16-15(11-28-12-18(25)26)23-17-6-1-2-9-24(16)17/h1-6,9-10H,11-12H2,(H,25,26).